The summed E-state index contributed by atoms with van der Waals surface area (Å²) in [6, 6.07) is 0. The van der Waals surface area contributed by atoms with Crippen LogP contribution < -0.4 is 0 Å². The van der Waals surface area contributed by atoms with Crippen LogP contribution in [0.1, 0.15) is 37.9 Å². The Bertz CT molecular complexity index is 745. The van der Waals surface area contributed by atoms with Crippen molar-refractivity contribution in [1.82, 2.24) is 19.6 Å². The number of nitrogens with zero attached hydrogens (tertiary/aromatic N) is 4. The fourth-order valence-corrected chi connectivity index (χ4v) is 3.91. The SMILES string of the molecule is Cc1nn(CC(C)C)c(Cl)c1C=CC(=O)N1CCN(C(=O)C2CCCO2)CC1. The molecule has 28 heavy (non-hydrogen) atoms. The first-order valence-electron chi connectivity index (χ1n) is 9.97. The van der Waals surface area contributed by atoms with Gasteiger partial charge in [0.15, 0.2) is 0 Å². The molecule has 1 aromatic heterocycles. The molecule has 2 fully saturated rings. The van der Waals surface area contributed by atoms with Crippen LogP contribution in [0.2, 0.25) is 5.15 Å². The molecule has 0 aromatic carbocycles. The van der Waals surface area contributed by atoms with E-state index in [4.69, 9.17) is 16.3 Å². The van der Waals surface area contributed by atoms with Crippen LogP contribution in [0.3, 0.4) is 0 Å². The third-order valence-corrected chi connectivity index (χ3v) is 5.55. The lowest BCUT2D eigenvalue weighted by atomic mass is 10.2. The van der Waals surface area contributed by atoms with Crippen LogP contribution in [-0.2, 0) is 20.9 Å². The van der Waals surface area contributed by atoms with Gasteiger partial charge in [-0.05, 0) is 31.8 Å². The lowest BCUT2D eigenvalue weighted by Gasteiger charge is -2.35. The first-order chi connectivity index (χ1) is 13.4. The maximum atomic E-state index is 12.6. The Morgan fingerprint density at radius 1 is 1.25 bits per heavy atom. The van der Waals surface area contributed by atoms with Gasteiger partial charge < -0.3 is 14.5 Å². The molecule has 0 radical (unpaired) electrons. The summed E-state index contributed by atoms with van der Waals surface area (Å²) in [7, 11) is 0. The Balaban J connectivity index is 1.56. The molecule has 0 bridgehead atoms. The summed E-state index contributed by atoms with van der Waals surface area (Å²) in [6.45, 7) is 9.65. The van der Waals surface area contributed by atoms with Crippen LogP contribution in [0.4, 0.5) is 0 Å². The third kappa shape index (κ3) is 4.75. The number of carbonyl (C=O) groups excluding carboxylic acids is 2. The van der Waals surface area contributed by atoms with E-state index in [1.165, 1.54) is 0 Å². The molecule has 0 saturated carbocycles. The second kappa shape index (κ2) is 9.09. The van der Waals surface area contributed by atoms with Gasteiger partial charge in [0.1, 0.15) is 11.3 Å². The average molecular weight is 409 g/mol. The lowest BCUT2D eigenvalue weighted by molar-refractivity contribution is -0.144. The number of ether oxygens (including phenoxy) is 1. The van der Waals surface area contributed by atoms with E-state index < -0.39 is 0 Å². The number of hydrogen-bond acceptors (Lipinski definition) is 4. The maximum absolute atomic E-state index is 12.6. The molecule has 2 amide bonds. The highest BCUT2D eigenvalue weighted by atomic mass is 35.5. The monoisotopic (exact) mass is 408 g/mol. The zero-order chi connectivity index (χ0) is 20.3. The minimum absolute atomic E-state index is 0.0557. The van der Waals surface area contributed by atoms with Crippen molar-refractivity contribution in [2.24, 2.45) is 5.92 Å². The van der Waals surface area contributed by atoms with E-state index in [1.54, 1.807) is 26.6 Å². The van der Waals surface area contributed by atoms with E-state index >= 15 is 0 Å². The number of aryl methyl sites for hydroxylation is 1. The summed E-state index contributed by atoms with van der Waals surface area (Å²) in [5, 5.41) is 5.02. The van der Waals surface area contributed by atoms with Crippen LogP contribution in [-0.4, -0.2) is 70.3 Å². The number of piperazine rings is 1. The largest absolute Gasteiger partial charge is 0.368 e. The van der Waals surface area contributed by atoms with Crippen molar-refractivity contribution in [3.05, 3.63) is 22.5 Å². The first kappa shape index (κ1) is 20.9. The highest BCUT2D eigenvalue weighted by Crippen LogP contribution is 2.22. The van der Waals surface area contributed by atoms with Gasteiger partial charge in [0.05, 0.1) is 5.69 Å². The van der Waals surface area contributed by atoms with Gasteiger partial charge in [0.25, 0.3) is 5.91 Å². The Morgan fingerprint density at radius 2 is 1.93 bits per heavy atom. The molecule has 8 heteroatoms. The molecule has 1 aromatic rings. The standard InChI is InChI=1S/C20H29ClN4O3/c1-14(2)13-25-19(21)16(15(3)22-25)6-7-18(26)23-8-10-24(11-9-23)20(27)17-5-4-12-28-17/h6-7,14,17H,4-5,8-13H2,1-3H3. The Kier molecular flexibility index (Phi) is 6.78. The fraction of sp³-hybridized carbons (Fsp3) is 0.650. The number of halogens is 1. The molecule has 3 rings (SSSR count). The number of hydrogen-bond donors (Lipinski definition) is 0. The van der Waals surface area contributed by atoms with Crippen molar-refractivity contribution in [2.45, 2.75) is 46.3 Å². The van der Waals surface area contributed by atoms with Gasteiger partial charge in [-0.3, -0.25) is 14.3 Å². The number of rotatable bonds is 5. The highest BCUT2D eigenvalue weighted by molar-refractivity contribution is 6.31. The molecule has 2 aliphatic rings. The molecule has 0 spiro atoms. The first-order valence-corrected chi connectivity index (χ1v) is 10.3. The predicted octanol–water partition coefficient (Wildman–Crippen LogP) is 2.36. The minimum atomic E-state index is -0.297. The van der Waals surface area contributed by atoms with Crippen LogP contribution >= 0.6 is 11.6 Å². The zero-order valence-corrected chi connectivity index (χ0v) is 17.6. The Morgan fingerprint density at radius 3 is 2.54 bits per heavy atom. The molecular formula is C20H29ClN4O3. The predicted molar refractivity (Wildman–Crippen MR) is 108 cm³/mol. The third-order valence-electron chi connectivity index (χ3n) is 5.15. The van der Waals surface area contributed by atoms with Gasteiger partial charge in [0.2, 0.25) is 5.91 Å². The summed E-state index contributed by atoms with van der Waals surface area (Å²) >= 11 is 6.43. The fourth-order valence-electron chi connectivity index (χ4n) is 3.61. The average Bonchev–Trinajstić information content (AvgIpc) is 3.29. The topological polar surface area (TPSA) is 67.7 Å². The molecule has 0 aliphatic carbocycles. The molecule has 1 unspecified atom stereocenters. The normalized spacial score (nSPS) is 20.5. The van der Waals surface area contributed by atoms with Crippen LogP contribution in [0.25, 0.3) is 6.08 Å². The summed E-state index contributed by atoms with van der Waals surface area (Å²) in [5.41, 5.74) is 1.59. The van der Waals surface area contributed by atoms with Crippen molar-refractivity contribution >= 4 is 29.5 Å². The molecule has 0 N–H and O–H groups in total. The van der Waals surface area contributed by atoms with Crippen molar-refractivity contribution in [3.63, 3.8) is 0 Å². The lowest BCUT2D eigenvalue weighted by Crippen LogP contribution is -2.52. The van der Waals surface area contributed by atoms with E-state index in [0.29, 0.717) is 43.9 Å². The number of carbonyl (C=O) groups is 2. The summed E-state index contributed by atoms with van der Waals surface area (Å²) in [5.74, 6) is 0.417. The summed E-state index contributed by atoms with van der Waals surface area (Å²) < 4.78 is 7.25. The summed E-state index contributed by atoms with van der Waals surface area (Å²) in [6.07, 6.45) is 4.73. The van der Waals surface area contributed by atoms with E-state index in [0.717, 1.165) is 30.6 Å². The number of aromatic nitrogens is 2. The van der Waals surface area contributed by atoms with E-state index in [1.807, 2.05) is 6.92 Å². The van der Waals surface area contributed by atoms with Gasteiger partial charge in [-0.15, -0.1) is 0 Å². The second-order valence-corrected chi connectivity index (χ2v) is 8.21. The van der Waals surface area contributed by atoms with E-state index in [2.05, 4.69) is 18.9 Å². The van der Waals surface area contributed by atoms with Crippen LogP contribution in [0.5, 0.6) is 0 Å². The number of amides is 2. The second-order valence-electron chi connectivity index (χ2n) is 7.85. The van der Waals surface area contributed by atoms with E-state index in [9.17, 15) is 9.59 Å². The molecule has 7 nitrogen and oxygen atoms in total. The quantitative estimate of drug-likeness (QED) is 0.701. The summed E-state index contributed by atoms with van der Waals surface area (Å²) in [4.78, 5) is 28.5. The maximum Gasteiger partial charge on any atom is 0.251 e. The molecule has 1 atom stereocenters. The Hall–Kier alpha value is -1.86. The van der Waals surface area contributed by atoms with Gasteiger partial charge in [-0.25, -0.2) is 0 Å². The molecule has 2 saturated heterocycles. The van der Waals surface area contributed by atoms with Crippen molar-refractivity contribution in [2.75, 3.05) is 32.8 Å². The smallest absolute Gasteiger partial charge is 0.251 e. The van der Waals surface area contributed by atoms with Gasteiger partial charge >= 0.3 is 0 Å². The molecule has 3 heterocycles. The highest BCUT2D eigenvalue weighted by Gasteiger charge is 2.31. The molecule has 154 valence electrons. The molecule has 2 aliphatic heterocycles. The van der Waals surface area contributed by atoms with Crippen LogP contribution in [0, 0.1) is 12.8 Å². The Labute approximate surface area is 171 Å². The van der Waals surface area contributed by atoms with E-state index in [-0.39, 0.29) is 17.9 Å². The van der Waals surface area contributed by atoms with Crippen molar-refractivity contribution < 1.29 is 14.3 Å². The van der Waals surface area contributed by atoms with Gasteiger partial charge in [0, 0.05) is 51.0 Å². The zero-order valence-electron chi connectivity index (χ0n) is 16.9. The minimum Gasteiger partial charge on any atom is -0.368 e. The van der Waals surface area contributed by atoms with Crippen molar-refractivity contribution in [1.29, 1.82) is 0 Å². The van der Waals surface area contributed by atoms with Gasteiger partial charge in [-0.2, -0.15) is 5.10 Å². The molecular weight excluding hydrogens is 380 g/mol. The van der Waals surface area contributed by atoms with Crippen LogP contribution in [0.15, 0.2) is 6.08 Å². The van der Waals surface area contributed by atoms with Crippen molar-refractivity contribution in [3.8, 4) is 0 Å². The van der Waals surface area contributed by atoms with Gasteiger partial charge in [-0.1, -0.05) is 25.4 Å².